The second-order valence-electron chi connectivity index (χ2n) is 9.59. The summed E-state index contributed by atoms with van der Waals surface area (Å²) in [5.74, 6) is -0.791. The maximum absolute atomic E-state index is 12.6. The van der Waals surface area contributed by atoms with E-state index < -0.39 is 31.9 Å². The average molecular weight is 502 g/mol. The van der Waals surface area contributed by atoms with Crippen molar-refractivity contribution < 1.29 is 47.8 Å². The lowest BCUT2D eigenvalue weighted by Gasteiger charge is -2.28. The van der Waals surface area contributed by atoms with Gasteiger partial charge < -0.3 is 28.6 Å². The number of carbonyl (C=O) groups excluding carboxylic acids is 4. The van der Waals surface area contributed by atoms with Crippen LogP contribution in [0.25, 0.3) is 0 Å². The molecule has 1 aliphatic carbocycles. The fraction of sp³-hybridized carbons (Fsp3) is 0.600. The topological polar surface area (TPSA) is 135 Å². The van der Waals surface area contributed by atoms with Crippen molar-refractivity contribution in [2.45, 2.75) is 69.7 Å². The molecule has 0 spiro atoms. The lowest BCUT2D eigenvalue weighted by Crippen LogP contribution is -2.36. The van der Waals surface area contributed by atoms with Gasteiger partial charge in [-0.2, -0.15) is 0 Å². The molecule has 0 aromatic heterocycles. The SMILES string of the molecule is O=C1CCCC(CC(=O)C[C@H]2Cc3cccc(C(=O)OCOC(=O)OC4CCOCC4)c3OB2O)C1. The van der Waals surface area contributed by atoms with Crippen LogP contribution in [-0.2, 0) is 35.0 Å². The highest BCUT2D eigenvalue weighted by atomic mass is 16.8. The summed E-state index contributed by atoms with van der Waals surface area (Å²) in [4.78, 5) is 48.6. The second kappa shape index (κ2) is 12.4. The van der Waals surface area contributed by atoms with Gasteiger partial charge in [-0.15, -0.1) is 0 Å². The van der Waals surface area contributed by atoms with E-state index in [1.807, 2.05) is 0 Å². The van der Waals surface area contributed by atoms with Gasteiger partial charge in [0.25, 0.3) is 0 Å². The van der Waals surface area contributed by atoms with Crippen molar-refractivity contribution in [1.29, 1.82) is 0 Å². The zero-order valence-corrected chi connectivity index (χ0v) is 20.1. The molecule has 11 heteroatoms. The van der Waals surface area contributed by atoms with Crippen LogP contribution in [0.5, 0.6) is 5.75 Å². The summed E-state index contributed by atoms with van der Waals surface area (Å²) in [6.45, 7) is 0.386. The Labute approximate surface area is 209 Å². The minimum atomic E-state index is -1.27. The van der Waals surface area contributed by atoms with E-state index in [4.69, 9.17) is 23.6 Å². The first kappa shape index (κ1) is 26.2. The largest absolute Gasteiger partial charge is 0.535 e. The number of ketones is 2. The molecule has 1 N–H and O–H groups in total. The Morgan fingerprint density at radius 3 is 2.64 bits per heavy atom. The maximum atomic E-state index is 12.6. The standard InChI is InChI=1S/C25H31BO10/c27-19-5-1-3-16(11-19)12-20(28)14-18-13-17-4-2-6-22(23(17)36-26(18)31)24(29)33-15-34-25(30)35-21-7-9-32-10-8-21/h2,4,6,16,18,21,31H,1,3,5,7-15H2/t16?,18-/m1/s1. The summed E-state index contributed by atoms with van der Waals surface area (Å²) < 4.78 is 25.9. The molecule has 1 aromatic rings. The van der Waals surface area contributed by atoms with Gasteiger partial charge in [-0.05, 0) is 36.8 Å². The third kappa shape index (κ3) is 7.07. The molecular weight excluding hydrogens is 471 g/mol. The van der Waals surface area contributed by atoms with E-state index in [9.17, 15) is 24.2 Å². The molecule has 4 rings (SSSR count). The molecule has 2 heterocycles. The molecular formula is C25H31BO10. The van der Waals surface area contributed by atoms with E-state index in [0.29, 0.717) is 57.3 Å². The number of esters is 1. The summed E-state index contributed by atoms with van der Waals surface area (Å²) in [7, 11) is -1.27. The Kier molecular flexibility index (Phi) is 8.98. The average Bonchev–Trinajstić information content (AvgIpc) is 2.84. The van der Waals surface area contributed by atoms with Crippen LogP contribution in [0.2, 0.25) is 5.82 Å². The molecule has 194 valence electrons. The van der Waals surface area contributed by atoms with Crippen molar-refractivity contribution in [3.8, 4) is 5.75 Å². The minimum absolute atomic E-state index is 0.00819. The lowest BCUT2D eigenvalue weighted by atomic mass is 9.64. The Morgan fingerprint density at radius 1 is 1.06 bits per heavy atom. The number of carbonyl (C=O) groups is 4. The zero-order chi connectivity index (χ0) is 25.5. The number of fused-ring (bicyclic) bond motifs is 1. The lowest BCUT2D eigenvalue weighted by molar-refractivity contribution is -0.123. The van der Waals surface area contributed by atoms with Crippen molar-refractivity contribution in [2.75, 3.05) is 20.0 Å². The molecule has 1 unspecified atom stereocenters. The summed E-state index contributed by atoms with van der Waals surface area (Å²) in [5, 5.41) is 10.5. The van der Waals surface area contributed by atoms with Crippen LogP contribution in [0.4, 0.5) is 4.79 Å². The van der Waals surface area contributed by atoms with Gasteiger partial charge in [0.1, 0.15) is 29.0 Å². The summed E-state index contributed by atoms with van der Waals surface area (Å²) in [6, 6.07) is 4.90. The molecule has 2 aliphatic heterocycles. The highest BCUT2D eigenvalue weighted by molar-refractivity contribution is 6.47. The van der Waals surface area contributed by atoms with E-state index in [2.05, 4.69) is 0 Å². The van der Waals surface area contributed by atoms with E-state index >= 15 is 0 Å². The van der Waals surface area contributed by atoms with Crippen molar-refractivity contribution in [1.82, 2.24) is 0 Å². The van der Waals surface area contributed by atoms with Crippen LogP contribution in [-0.4, -0.2) is 61.9 Å². The molecule has 3 aliphatic rings. The molecule has 36 heavy (non-hydrogen) atoms. The molecule has 1 saturated carbocycles. The second-order valence-corrected chi connectivity index (χ2v) is 9.59. The van der Waals surface area contributed by atoms with Crippen LogP contribution in [0.1, 0.15) is 67.3 Å². The van der Waals surface area contributed by atoms with Gasteiger partial charge in [-0.3, -0.25) is 9.59 Å². The molecule has 1 aromatic carbocycles. The molecule has 1 saturated heterocycles. The summed E-state index contributed by atoms with van der Waals surface area (Å²) >= 11 is 0. The minimum Gasteiger partial charge on any atom is -0.535 e. The van der Waals surface area contributed by atoms with Crippen molar-refractivity contribution in [3.05, 3.63) is 29.3 Å². The van der Waals surface area contributed by atoms with E-state index in [-0.39, 0.29) is 41.3 Å². The van der Waals surface area contributed by atoms with Gasteiger partial charge in [0.05, 0.1) is 13.2 Å². The monoisotopic (exact) mass is 502 g/mol. The highest BCUT2D eigenvalue weighted by Crippen LogP contribution is 2.37. The predicted octanol–water partition coefficient (Wildman–Crippen LogP) is 3.03. The molecule has 0 amide bonds. The van der Waals surface area contributed by atoms with Gasteiger partial charge in [0.2, 0.25) is 6.79 Å². The maximum Gasteiger partial charge on any atom is 0.526 e. The van der Waals surface area contributed by atoms with Crippen LogP contribution >= 0.6 is 0 Å². The highest BCUT2D eigenvalue weighted by Gasteiger charge is 2.38. The Balaban J connectivity index is 1.27. The number of ether oxygens (including phenoxy) is 4. The molecule has 10 nitrogen and oxygen atoms in total. The van der Waals surface area contributed by atoms with Crippen molar-refractivity contribution in [3.63, 3.8) is 0 Å². The Hall–Kier alpha value is -2.92. The van der Waals surface area contributed by atoms with E-state index in [0.717, 1.165) is 12.8 Å². The van der Waals surface area contributed by atoms with Gasteiger partial charge >= 0.3 is 19.2 Å². The van der Waals surface area contributed by atoms with Crippen LogP contribution in [0, 0.1) is 5.92 Å². The Bertz CT molecular complexity index is 974. The first-order chi connectivity index (χ1) is 17.4. The van der Waals surface area contributed by atoms with Crippen molar-refractivity contribution >= 4 is 30.8 Å². The normalized spacial score (nSPS) is 22.2. The van der Waals surface area contributed by atoms with Crippen molar-refractivity contribution in [2.24, 2.45) is 5.92 Å². The van der Waals surface area contributed by atoms with E-state index in [1.165, 1.54) is 6.07 Å². The first-order valence-electron chi connectivity index (χ1n) is 12.5. The van der Waals surface area contributed by atoms with Crippen LogP contribution in [0.3, 0.4) is 0 Å². The Morgan fingerprint density at radius 2 is 1.86 bits per heavy atom. The van der Waals surface area contributed by atoms with Gasteiger partial charge in [-0.1, -0.05) is 12.1 Å². The zero-order valence-electron chi connectivity index (χ0n) is 20.1. The van der Waals surface area contributed by atoms with Crippen LogP contribution in [0.15, 0.2) is 18.2 Å². The molecule has 0 bridgehead atoms. The fourth-order valence-electron chi connectivity index (χ4n) is 4.98. The van der Waals surface area contributed by atoms with Crippen LogP contribution < -0.4 is 4.65 Å². The number of hydrogen-bond acceptors (Lipinski definition) is 10. The predicted molar refractivity (Wildman–Crippen MR) is 125 cm³/mol. The van der Waals surface area contributed by atoms with Gasteiger partial charge in [0.15, 0.2) is 0 Å². The summed E-state index contributed by atoms with van der Waals surface area (Å²) in [5.41, 5.74) is 0.749. The molecule has 2 fully saturated rings. The fourth-order valence-corrected chi connectivity index (χ4v) is 4.98. The number of para-hydroxylation sites is 1. The molecule has 2 atom stereocenters. The van der Waals surface area contributed by atoms with Gasteiger partial charge in [-0.25, -0.2) is 9.59 Å². The smallest absolute Gasteiger partial charge is 0.526 e. The van der Waals surface area contributed by atoms with Gasteiger partial charge in [0, 0.05) is 44.3 Å². The van der Waals surface area contributed by atoms with E-state index in [1.54, 1.807) is 12.1 Å². The third-order valence-electron chi connectivity index (χ3n) is 6.83. The number of benzene rings is 1. The molecule has 0 radical (unpaired) electrons. The number of rotatable bonds is 8. The first-order valence-corrected chi connectivity index (χ1v) is 12.5. The number of hydrogen-bond donors (Lipinski definition) is 1. The third-order valence-corrected chi connectivity index (χ3v) is 6.83. The number of Topliss-reactive ketones (excluding diaryl/α,β-unsaturated/α-hetero) is 2. The summed E-state index contributed by atoms with van der Waals surface area (Å²) in [6.07, 6.45) is 3.47. The quantitative estimate of drug-likeness (QED) is 0.321.